The van der Waals surface area contributed by atoms with Crippen LogP contribution in [0, 0.1) is 12.3 Å². The van der Waals surface area contributed by atoms with Crippen LogP contribution in [0.15, 0.2) is 42.7 Å². The van der Waals surface area contributed by atoms with Gasteiger partial charge in [-0.15, -0.1) is 0 Å². The summed E-state index contributed by atoms with van der Waals surface area (Å²) >= 11 is 0. The number of fused-ring (bicyclic) bond motifs is 2. The average molecular weight is 544 g/mol. The van der Waals surface area contributed by atoms with Crippen LogP contribution in [0.25, 0.3) is 38.1 Å². The normalized spacial score (nSPS) is 14.6. The molecule has 38 heavy (non-hydrogen) atoms. The highest BCUT2D eigenvalue weighted by Crippen LogP contribution is 2.61. The van der Waals surface area contributed by atoms with Gasteiger partial charge >= 0.3 is 18.5 Å². The first-order valence-electron chi connectivity index (χ1n) is 11.6. The Morgan fingerprint density at radius 2 is 1.32 bits per heavy atom. The van der Waals surface area contributed by atoms with Crippen molar-refractivity contribution in [2.45, 2.75) is 58.1 Å². The second kappa shape index (κ2) is 7.66. The minimum Gasteiger partial charge on any atom is -0.300 e. The van der Waals surface area contributed by atoms with E-state index in [1.807, 2.05) is 26.8 Å². The van der Waals surface area contributed by atoms with Gasteiger partial charge in [-0.2, -0.15) is 39.5 Å². The molecule has 0 aliphatic rings. The summed E-state index contributed by atoms with van der Waals surface area (Å²) < 4.78 is 129. The fourth-order valence-electron chi connectivity index (χ4n) is 5.60. The number of pyridine rings is 2. The number of aromatic nitrogens is 2. The van der Waals surface area contributed by atoms with E-state index in [1.54, 1.807) is 31.3 Å². The number of alkyl halides is 9. The molecule has 0 atom stereocenters. The second-order valence-electron chi connectivity index (χ2n) is 10.9. The van der Waals surface area contributed by atoms with Crippen molar-refractivity contribution in [3.63, 3.8) is 0 Å². The predicted molar refractivity (Wildman–Crippen MR) is 127 cm³/mol. The fourth-order valence-corrected chi connectivity index (χ4v) is 5.60. The molecule has 2 nitrogen and oxygen atoms in total. The van der Waals surface area contributed by atoms with E-state index in [2.05, 4.69) is 4.98 Å². The Bertz CT molecular complexity index is 1660. The van der Waals surface area contributed by atoms with E-state index in [1.165, 1.54) is 4.40 Å². The number of aryl methyl sites for hydroxylation is 1. The molecule has 3 aromatic heterocycles. The van der Waals surface area contributed by atoms with E-state index < -0.39 is 40.3 Å². The molecule has 3 heterocycles. The molecule has 0 bridgehead atoms. The third kappa shape index (κ3) is 3.46. The molecule has 5 aromatic rings. The Hall–Kier alpha value is -3.24. The van der Waals surface area contributed by atoms with E-state index in [0.29, 0.717) is 16.5 Å². The second-order valence-corrected chi connectivity index (χ2v) is 10.9. The summed E-state index contributed by atoms with van der Waals surface area (Å²) in [4.78, 5) is 3.85. The SMILES string of the molecule is Cc1cn2c3ncc(C(C(F)(F)F)(C(F)(F)F)C(F)(F)F)c4cc(CC(C)(C)C)cc(c5cccc1c52)c43. The summed E-state index contributed by atoms with van der Waals surface area (Å²) in [5, 5.41) is 0.524. The molecule has 2 aromatic carbocycles. The average Bonchev–Trinajstić information content (AvgIpc) is 3.06. The van der Waals surface area contributed by atoms with E-state index >= 15 is 0 Å². The van der Waals surface area contributed by atoms with E-state index in [4.69, 9.17) is 0 Å². The number of rotatable bonds is 2. The van der Waals surface area contributed by atoms with Crippen molar-refractivity contribution in [1.29, 1.82) is 0 Å². The van der Waals surface area contributed by atoms with Crippen molar-refractivity contribution in [1.82, 2.24) is 9.38 Å². The van der Waals surface area contributed by atoms with Crippen LogP contribution in [0.3, 0.4) is 0 Å². The van der Waals surface area contributed by atoms with Crippen LogP contribution < -0.4 is 0 Å². The van der Waals surface area contributed by atoms with Crippen molar-refractivity contribution in [2.24, 2.45) is 5.41 Å². The first-order valence-corrected chi connectivity index (χ1v) is 11.6. The van der Waals surface area contributed by atoms with Gasteiger partial charge in [0.2, 0.25) is 0 Å². The van der Waals surface area contributed by atoms with Gasteiger partial charge < -0.3 is 0 Å². The van der Waals surface area contributed by atoms with Crippen LogP contribution in [0.1, 0.15) is 37.5 Å². The molecule has 0 N–H and O–H groups in total. The van der Waals surface area contributed by atoms with Crippen LogP contribution in [0.5, 0.6) is 0 Å². The van der Waals surface area contributed by atoms with Gasteiger partial charge in [-0.3, -0.25) is 4.40 Å². The molecule has 0 aliphatic heterocycles. The highest BCUT2D eigenvalue weighted by atomic mass is 19.4. The Kier molecular flexibility index (Phi) is 5.32. The van der Waals surface area contributed by atoms with Crippen molar-refractivity contribution in [3.05, 3.63) is 59.4 Å². The Labute approximate surface area is 210 Å². The molecule has 0 saturated heterocycles. The number of halogens is 9. The van der Waals surface area contributed by atoms with Crippen molar-refractivity contribution in [3.8, 4) is 0 Å². The van der Waals surface area contributed by atoms with E-state index in [0.717, 1.165) is 17.0 Å². The quantitative estimate of drug-likeness (QED) is 0.123. The summed E-state index contributed by atoms with van der Waals surface area (Å²) in [5.74, 6) is 0. The molecule has 0 aliphatic carbocycles. The Morgan fingerprint density at radius 3 is 1.87 bits per heavy atom. The fraction of sp³-hybridized carbons (Fsp3) is 0.370. The molecule has 202 valence electrons. The third-order valence-corrected chi connectivity index (χ3v) is 6.98. The summed E-state index contributed by atoms with van der Waals surface area (Å²) in [6.07, 6.45) is -18.4. The van der Waals surface area contributed by atoms with Gasteiger partial charge in [-0.1, -0.05) is 51.1 Å². The van der Waals surface area contributed by atoms with E-state index in [-0.39, 0.29) is 29.0 Å². The van der Waals surface area contributed by atoms with Crippen molar-refractivity contribution in [2.75, 3.05) is 0 Å². The van der Waals surface area contributed by atoms with Crippen molar-refractivity contribution < 1.29 is 39.5 Å². The van der Waals surface area contributed by atoms with Gasteiger partial charge in [0.1, 0.15) is 5.65 Å². The van der Waals surface area contributed by atoms with Gasteiger partial charge in [0.15, 0.2) is 0 Å². The van der Waals surface area contributed by atoms with Gasteiger partial charge in [0, 0.05) is 34.1 Å². The number of hydrogen-bond acceptors (Lipinski definition) is 1. The zero-order valence-electron chi connectivity index (χ0n) is 20.5. The van der Waals surface area contributed by atoms with Gasteiger partial charge in [-0.05, 0) is 40.7 Å². The molecule has 0 unspecified atom stereocenters. The van der Waals surface area contributed by atoms with Crippen LogP contribution in [0.2, 0.25) is 0 Å². The summed E-state index contributed by atoms with van der Waals surface area (Å²) in [7, 11) is 0. The zero-order valence-corrected chi connectivity index (χ0v) is 20.5. The largest absolute Gasteiger partial charge is 0.416 e. The van der Waals surface area contributed by atoms with Crippen molar-refractivity contribution >= 4 is 38.1 Å². The molecule has 0 radical (unpaired) electrons. The number of benzene rings is 2. The first-order chi connectivity index (χ1) is 17.3. The number of para-hydroxylation sites is 1. The molecular weight excluding hydrogens is 523 g/mol. The monoisotopic (exact) mass is 544 g/mol. The number of nitrogens with zero attached hydrogens (tertiary/aromatic N) is 2. The lowest BCUT2D eigenvalue weighted by Gasteiger charge is -2.39. The van der Waals surface area contributed by atoms with Crippen LogP contribution in [-0.4, -0.2) is 27.9 Å². The van der Waals surface area contributed by atoms with Crippen LogP contribution >= 0.6 is 0 Å². The highest BCUT2D eigenvalue weighted by Gasteiger charge is 2.84. The van der Waals surface area contributed by atoms with Gasteiger partial charge in [0.05, 0.1) is 5.52 Å². The first kappa shape index (κ1) is 26.4. The minimum absolute atomic E-state index is 0.0294. The maximum absolute atomic E-state index is 14.2. The summed E-state index contributed by atoms with van der Waals surface area (Å²) in [6.45, 7) is 7.20. The predicted octanol–water partition coefficient (Wildman–Crippen LogP) is 9.05. The van der Waals surface area contributed by atoms with Gasteiger partial charge in [-0.25, -0.2) is 4.98 Å². The summed E-state index contributed by atoms with van der Waals surface area (Å²) in [5.41, 5.74) is -6.93. The zero-order chi connectivity index (χ0) is 28.2. The lowest BCUT2D eigenvalue weighted by Crippen LogP contribution is -2.63. The van der Waals surface area contributed by atoms with Gasteiger partial charge in [0.25, 0.3) is 5.41 Å². The van der Waals surface area contributed by atoms with Crippen LogP contribution in [-0.2, 0) is 11.8 Å². The molecule has 0 amide bonds. The molecule has 0 fully saturated rings. The molecule has 5 rings (SSSR count). The maximum Gasteiger partial charge on any atom is 0.416 e. The lowest BCUT2D eigenvalue weighted by molar-refractivity contribution is -0.387. The Morgan fingerprint density at radius 1 is 0.763 bits per heavy atom. The standard InChI is InChI=1S/C27H21F9N2/c1-13-12-38-21-15(13)6-5-7-16(21)17-8-14(10-23(2,3)4)9-18-19(11-37-22(38)20(17)18)24(25(28,29)30,26(31,32)33)27(34,35)36/h5-9,11-12H,10H2,1-4H3. The smallest absolute Gasteiger partial charge is 0.300 e. The third-order valence-electron chi connectivity index (χ3n) is 6.98. The topological polar surface area (TPSA) is 17.3 Å². The molecule has 0 spiro atoms. The lowest BCUT2D eigenvalue weighted by atomic mass is 9.75. The minimum atomic E-state index is -6.75. The molecule has 11 heteroatoms. The maximum atomic E-state index is 14.2. The Balaban J connectivity index is 2.09. The number of hydrogen-bond donors (Lipinski definition) is 0. The summed E-state index contributed by atoms with van der Waals surface area (Å²) in [6, 6.07) is 7.78. The van der Waals surface area contributed by atoms with E-state index in [9.17, 15) is 39.5 Å². The highest BCUT2D eigenvalue weighted by molar-refractivity contribution is 6.22. The molecule has 0 saturated carbocycles. The van der Waals surface area contributed by atoms with Crippen LogP contribution in [0.4, 0.5) is 39.5 Å². The molecular formula is C27H21F9N2.